The van der Waals surface area contributed by atoms with Crippen LogP contribution in [0.2, 0.25) is 0 Å². The summed E-state index contributed by atoms with van der Waals surface area (Å²) in [5.41, 5.74) is 13.4. The highest BCUT2D eigenvalue weighted by atomic mass is 32.1. The van der Waals surface area contributed by atoms with Gasteiger partial charge < -0.3 is 20.9 Å². The van der Waals surface area contributed by atoms with Crippen molar-refractivity contribution in [2.45, 2.75) is 12.6 Å². The molecular formula is C24H20FN9S. The van der Waals surface area contributed by atoms with Crippen LogP contribution in [0.4, 0.5) is 10.2 Å². The summed E-state index contributed by atoms with van der Waals surface area (Å²) in [6.45, 7) is 2.20. The van der Waals surface area contributed by atoms with E-state index in [0.717, 1.165) is 68.7 Å². The Morgan fingerprint density at radius 1 is 1.09 bits per heavy atom. The predicted molar refractivity (Wildman–Crippen MR) is 133 cm³/mol. The quantitative estimate of drug-likeness (QED) is 0.308. The van der Waals surface area contributed by atoms with E-state index >= 15 is 0 Å². The molecule has 7 heterocycles. The minimum Gasteiger partial charge on any atom is -0.385 e. The van der Waals surface area contributed by atoms with Crippen molar-refractivity contribution in [1.82, 2.24) is 35.5 Å². The number of pyridine rings is 1. The molecule has 1 saturated heterocycles. The maximum atomic E-state index is 13.7. The number of H-pyrrole nitrogens is 2. The Bertz CT molecular complexity index is 1610. The van der Waals surface area contributed by atoms with Crippen LogP contribution in [0.25, 0.3) is 39.4 Å². The maximum Gasteiger partial charge on any atom is 0.176 e. The molecule has 0 saturated carbocycles. The van der Waals surface area contributed by atoms with Crippen molar-refractivity contribution in [3.05, 3.63) is 70.2 Å². The number of fused-ring (bicyclic) bond motifs is 2. The first kappa shape index (κ1) is 20.3. The Hall–Kier alpha value is -4.09. The van der Waals surface area contributed by atoms with Gasteiger partial charge in [0.2, 0.25) is 0 Å². The number of anilines is 1. The third kappa shape index (κ3) is 3.39. The lowest BCUT2D eigenvalue weighted by atomic mass is 10.0. The van der Waals surface area contributed by atoms with E-state index < -0.39 is 0 Å². The van der Waals surface area contributed by atoms with Gasteiger partial charge in [-0.3, -0.25) is 10.1 Å². The Morgan fingerprint density at radius 2 is 2.00 bits per heavy atom. The average Bonchev–Trinajstić information content (AvgIpc) is 3.59. The van der Waals surface area contributed by atoms with Crippen LogP contribution in [-0.2, 0) is 6.54 Å². The van der Waals surface area contributed by atoms with Gasteiger partial charge in [0.25, 0.3) is 0 Å². The zero-order valence-corrected chi connectivity index (χ0v) is 19.2. The molecule has 35 heavy (non-hydrogen) atoms. The minimum absolute atomic E-state index is 0.180. The number of hydrogen-bond donors (Lipinski definition) is 4. The Balaban J connectivity index is 1.27. The zero-order valence-electron chi connectivity index (χ0n) is 18.4. The Labute approximate surface area is 202 Å². The number of nitrogens with two attached hydrogens (primary N) is 1. The molecule has 0 atom stereocenters. The summed E-state index contributed by atoms with van der Waals surface area (Å²) >= 11 is 1.13. The highest BCUT2D eigenvalue weighted by molar-refractivity contribution is 7.11. The van der Waals surface area contributed by atoms with Gasteiger partial charge in [0.15, 0.2) is 5.13 Å². The fraction of sp³-hybridized carbons (Fsp3) is 0.167. The van der Waals surface area contributed by atoms with E-state index in [4.69, 9.17) is 15.7 Å². The van der Waals surface area contributed by atoms with Crippen molar-refractivity contribution in [1.29, 1.82) is 0 Å². The number of nitrogens with one attached hydrogen (secondary N) is 3. The van der Waals surface area contributed by atoms with Crippen LogP contribution in [0.15, 0.2) is 48.9 Å². The molecule has 0 aliphatic carbocycles. The number of rotatable bonds is 4. The summed E-state index contributed by atoms with van der Waals surface area (Å²) in [5, 5.41) is 10.7. The standard InChI is InChI=1S/C24H20FN9S/c25-21-4-3-20(35-21)14-6-27-7-18-13(14)5-17(29-18)24-23-16(32-33-24)2-1-15(31-23)19-8-28-9-22(30-19)34-10-12(26)11-34/h1-6,8-9,12,27,29H,7,10-11,26H2,(H,32,33). The van der Waals surface area contributed by atoms with Crippen LogP contribution in [0.1, 0.15) is 16.1 Å². The van der Waals surface area contributed by atoms with Gasteiger partial charge in [-0.25, -0.2) is 9.97 Å². The van der Waals surface area contributed by atoms with Gasteiger partial charge >= 0.3 is 0 Å². The van der Waals surface area contributed by atoms with E-state index in [1.54, 1.807) is 18.5 Å². The van der Waals surface area contributed by atoms with Crippen LogP contribution >= 0.6 is 11.3 Å². The van der Waals surface area contributed by atoms with Crippen molar-refractivity contribution in [3.63, 3.8) is 0 Å². The second kappa shape index (κ2) is 7.72. The first-order chi connectivity index (χ1) is 17.1. The lowest BCUT2D eigenvalue weighted by Gasteiger charge is -2.37. The highest BCUT2D eigenvalue weighted by Gasteiger charge is 2.25. The average molecular weight is 486 g/mol. The number of halogens is 1. The summed E-state index contributed by atoms with van der Waals surface area (Å²) in [6.07, 6.45) is 5.40. The van der Waals surface area contributed by atoms with E-state index in [1.807, 2.05) is 18.3 Å². The van der Waals surface area contributed by atoms with E-state index in [1.165, 1.54) is 6.07 Å². The SMILES string of the molecule is NC1CN(c2cncc(-c3ccc4[nH]nc(-c5cc6c([nH]5)CNC=C6c5ccc(F)s5)c4n3)n2)C1. The normalized spacial score (nSPS) is 15.6. The molecule has 0 radical (unpaired) electrons. The van der Waals surface area contributed by atoms with E-state index in [-0.39, 0.29) is 11.2 Å². The van der Waals surface area contributed by atoms with E-state index in [9.17, 15) is 4.39 Å². The van der Waals surface area contributed by atoms with Crippen LogP contribution in [0.5, 0.6) is 0 Å². The molecule has 174 valence electrons. The summed E-state index contributed by atoms with van der Waals surface area (Å²) in [7, 11) is 0. The van der Waals surface area contributed by atoms with Crippen molar-refractivity contribution >= 4 is 33.8 Å². The largest absolute Gasteiger partial charge is 0.385 e. The monoisotopic (exact) mass is 485 g/mol. The molecule has 0 amide bonds. The number of nitrogens with zero attached hydrogens (tertiary/aromatic N) is 5. The number of thiophene rings is 1. The zero-order chi connectivity index (χ0) is 23.5. The molecule has 7 rings (SSSR count). The van der Waals surface area contributed by atoms with Crippen LogP contribution in [-0.4, -0.2) is 49.3 Å². The lowest BCUT2D eigenvalue weighted by molar-refractivity contribution is 0.514. The fourth-order valence-electron chi connectivity index (χ4n) is 4.56. The minimum atomic E-state index is -0.206. The van der Waals surface area contributed by atoms with Gasteiger partial charge in [-0.1, -0.05) is 0 Å². The van der Waals surface area contributed by atoms with Crippen molar-refractivity contribution in [3.8, 4) is 22.8 Å². The molecular weight excluding hydrogens is 465 g/mol. The fourth-order valence-corrected chi connectivity index (χ4v) is 5.32. The first-order valence-corrected chi connectivity index (χ1v) is 12.0. The first-order valence-electron chi connectivity index (χ1n) is 11.2. The molecule has 5 aromatic heterocycles. The third-order valence-electron chi connectivity index (χ3n) is 6.33. The Morgan fingerprint density at radius 3 is 2.83 bits per heavy atom. The number of aromatic amines is 2. The van der Waals surface area contributed by atoms with Crippen LogP contribution in [0, 0.1) is 5.13 Å². The molecule has 0 bridgehead atoms. The van der Waals surface area contributed by atoms with Gasteiger partial charge in [0.1, 0.15) is 22.7 Å². The second-order valence-corrected chi connectivity index (χ2v) is 9.74. The molecule has 5 aromatic rings. The second-order valence-electron chi connectivity index (χ2n) is 8.71. The van der Waals surface area contributed by atoms with Crippen LogP contribution < -0.4 is 16.0 Å². The topological polar surface area (TPSA) is 124 Å². The third-order valence-corrected chi connectivity index (χ3v) is 7.24. The molecule has 5 N–H and O–H groups in total. The van der Waals surface area contributed by atoms with Gasteiger partial charge in [-0.2, -0.15) is 9.49 Å². The molecule has 2 aliphatic heterocycles. The molecule has 9 nitrogen and oxygen atoms in total. The molecule has 2 aliphatic rings. The van der Waals surface area contributed by atoms with Gasteiger partial charge in [-0.15, -0.1) is 11.3 Å². The van der Waals surface area contributed by atoms with Crippen molar-refractivity contribution in [2.75, 3.05) is 18.0 Å². The van der Waals surface area contributed by atoms with Gasteiger partial charge in [0, 0.05) is 47.0 Å². The van der Waals surface area contributed by atoms with Crippen LogP contribution in [0.3, 0.4) is 0 Å². The molecule has 0 unspecified atom stereocenters. The predicted octanol–water partition coefficient (Wildman–Crippen LogP) is 3.25. The Kier molecular flexibility index (Phi) is 4.48. The maximum absolute atomic E-state index is 13.7. The van der Waals surface area contributed by atoms with E-state index in [0.29, 0.717) is 23.6 Å². The van der Waals surface area contributed by atoms with Gasteiger partial charge in [-0.05, 0) is 30.3 Å². The van der Waals surface area contributed by atoms with Gasteiger partial charge in [0.05, 0.1) is 35.8 Å². The molecule has 0 spiro atoms. The molecule has 0 aromatic carbocycles. The van der Waals surface area contributed by atoms with Crippen molar-refractivity contribution in [2.24, 2.45) is 5.73 Å². The van der Waals surface area contributed by atoms with E-state index in [2.05, 4.69) is 36.4 Å². The summed E-state index contributed by atoms with van der Waals surface area (Å²) in [4.78, 5) is 20.5. The summed E-state index contributed by atoms with van der Waals surface area (Å²) in [5.74, 6) is 0.799. The number of hydrogen-bond acceptors (Lipinski definition) is 8. The number of aromatic nitrogens is 6. The molecule has 1 fully saturated rings. The molecule has 11 heteroatoms. The highest BCUT2D eigenvalue weighted by Crippen LogP contribution is 2.36. The lowest BCUT2D eigenvalue weighted by Crippen LogP contribution is -2.56. The summed E-state index contributed by atoms with van der Waals surface area (Å²) in [6, 6.07) is 9.39. The van der Waals surface area contributed by atoms with Crippen molar-refractivity contribution < 1.29 is 4.39 Å². The smallest absolute Gasteiger partial charge is 0.176 e. The summed E-state index contributed by atoms with van der Waals surface area (Å²) < 4.78 is 13.7.